The smallest absolute Gasteiger partial charge is 0.434 e. The summed E-state index contributed by atoms with van der Waals surface area (Å²) in [6, 6.07) is 7.44. The first-order valence-electron chi connectivity index (χ1n) is 8.58. The summed E-state index contributed by atoms with van der Waals surface area (Å²) in [7, 11) is 0. The summed E-state index contributed by atoms with van der Waals surface area (Å²) in [6.45, 7) is -0.0330. The van der Waals surface area contributed by atoms with Crippen LogP contribution >= 0.6 is 0 Å². The van der Waals surface area contributed by atoms with Gasteiger partial charge in [-0.2, -0.15) is 31.4 Å². The molecule has 1 aliphatic heterocycles. The normalized spacial score (nSPS) is 13.4. The van der Waals surface area contributed by atoms with Gasteiger partial charge in [-0.25, -0.2) is 4.68 Å². The van der Waals surface area contributed by atoms with Crippen LogP contribution in [0.15, 0.2) is 48.7 Å². The van der Waals surface area contributed by atoms with E-state index < -0.39 is 40.8 Å². The minimum atomic E-state index is -5.08. The Morgan fingerprint density at radius 1 is 0.968 bits per heavy atom. The van der Waals surface area contributed by atoms with Crippen molar-refractivity contribution < 1.29 is 40.6 Å². The number of fused-ring (bicyclic) bond motifs is 1. The number of halogens is 6. The Balaban J connectivity index is 1.71. The largest absolute Gasteiger partial charge is 0.454 e. The van der Waals surface area contributed by atoms with Crippen LogP contribution in [0.4, 0.5) is 32.0 Å². The van der Waals surface area contributed by atoms with Gasteiger partial charge in [-0.05, 0) is 30.3 Å². The number of hydrogen-bond acceptors (Lipinski definition) is 4. The zero-order valence-electron chi connectivity index (χ0n) is 15.2. The molecule has 2 aromatic carbocycles. The quantitative estimate of drug-likeness (QED) is 0.586. The first-order chi connectivity index (χ1) is 14.5. The van der Waals surface area contributed by atoms with Crippen molar-refractivity contribution in [2.45, 2.75) is 12.4 Å². The summed E-state index contributed by atoms with van der Waals surface area (Å²) < 4.78 is 90.6. The third kappa shape index (κ3) is 4.00. The van der Waals surface area contributed by atoms with Gasteiger partial charge in [0.2, 0.25) is 6.79 Å². The zero-order valence-corrected chi connectivity index (χ0v) is 15.2. The number of amides is 1. The lowest BCUT2D eigenvalue weighted by molar-refractivity contribution is -0.143. The maximum Gasteiger partial charge on any atom is 0.434 e. The summed E-state index contributed by atoms with van der Waals surface area (Å²) in [5.74, 6) is -0.440. The molecule has 6 nitrogen and oxygen atoms in total. The number of alkyl halides is 6. The first kappa shape index (κ1) is 20.6. The summed E-state index contributed by atoms with van der Waals surface area (Å²) in [5, 5.41) is 5.81. The van der Waals surface area contributed by atoms with E-state index in [1.54, 1.807) is 0 Å². The Labute approximate surface area is 170 Å². The van der Waals surface area contributed by atoms with Crippen LogP contribution in [0, 0.1) is 0 Å². The number of rotatable bonds is 3. The van der Waals surface area contributed by atoms with Crippen molar-refractivity contribution in [2.24, 2.45) is 0 Å². The van der Waals surface area contributed by atoms with E-state index in [0.717, 1.165) is 12.1 Å². The summed E-state index contributed by atoms with van der Waals surface area (Å²) >= 11 is 0. The SMILES string of the molecule is O=C(Nc1ccc2c(c1)OCO2)c1cnn(-c2cccc(C(F)(F)F)c2)c1C(F)(F)F. The van der Waals surface area contributed by atoms with E-state index in [2.05, 4.69) is 10.4 Å². The fourth-order valence-electron chi connectivity index (χ4n) is 2.97. The fourth-order valence-corrected chi connectivity index (χ4v) is 2.97. The summed E-state index contributed by atoms with van der Waals surface area (Å²) in [5.41, 5.74) is -3.88. The Morgan fingerprint density at radius 3 is 2.42 bits per heavy atom. The average Bonchev–Trinajstić information content (AvgIpc) is 3.34. The van der Waals surface area contributed by atoms with E-state index in [0.29, 0.717) is 29.8 Å². The molecule has 0 unspecified atom stereocenters. The monoisotopic (exact) mass is 443 g/mol. The van der Waals surface area contributed by atoms with Crippen LogP contribution in [0.1, 0.15) is 21.6 Å². The van der Waals surface area contributed by atoms with E-state index in [1.165, 1.54) is 18.2 Å². The summed E-state index contributed by atoms with van der Waals surface area (Å²) in [4.78, 5) is 12.5. The molecular formula is C19H11F6N3O3. The van der Waals surface area contributed by atoms with Gasteiger partial charge in [0.1, 0.15) is 0 Å². The molecule has 0 spiro atoms. The molecule has 12 heteroatoms. The van der Waals surface area contributed by atoms with Crippen molar-refractivity contribution in [1.29, 1.82) is 0 Å². The minimum Gasteiger partial charge on any atom is -0.454 e. The molecule has 1 aromatic heterocycles. The number of anilines is 1. The predicted octanol–water partition coefficient (Wildman–Crippen LogP) is 4.89. The predicted molar refractivity (Wildman–Crippen MR) is 94.1 cm³/mol. The van der Waals surface area contributed by atoms with Gasteiger partial charge >= 0.3 is 12.4 Å². The van der Waals surface area contributed by atoms with E-state index in [9.17, 15) is 31.1 Å². The van der Waals surface area contributed by atoms with Crippen molar-refractivity contribution in [3.63, 3.8) is 0 Å². The van der Waals surface area contributed by atoms with Gasteiger partial charge in [-0.15, -0.1) is 0 Å². The van der Waals surface area contributed by atoms with Crippen molar-refractivity contribution in [3.8, 4) is 17.2 Å². The maximum atomic E-state index is 13.7. The van der Waals surface area contributed by atoms with Crippen LogP contribution < -0.4 is 14.8 Å². The van der Waals surface area contributed by atoms with E-state index in [4.69, 9.17) is 9.47 Å². The molecule has 0 saturated heterocycles. The Morgan fingerprint density at radius 2 is 1.71 bits per heavy atom. The molecule has 31 heavy (non-hydrogen) atoms. The lowest BCUT2D eigenvalue weighted by Gasteiger charge is -2.14. The van der Waals surface area contributed by atoms with Crippen LogP contribution in [0.2, 0.25) is 0 Å². The van der Waals surface area contributed by atoms with Crippen molar-refractivity contribution >= 4 is 11.6 Å². The van der Waals surface area contributed by atoms with Crippen molar-refractivity contribution in [1.82, 2.24) is 9.78 Å². The lowest BCUT2D eigenvalue weighted by atomic mass is 10.1. The van der Waals surface area contributed by atoms with Gasteiger partial charge in [0.05, 0.1) is 23.0 Å². The second-order valence-electron chi connectivity index (χ2n) is 6.39. The Hall–Kier alpha value is -3.70. The molecule has 3 aromatic rings. The van der Waals surface area contributed by atoms with Crippen LogP contribution in [0.5, 0.6) is 11.5 Å². The molecule has 1 N–H and O–H groups in total. The lowest BCUT2D eigenvalue weighted by Crippen LogP contribution is -2.21. The van der Waals surface area contributed by atoms with Gasteiger partial charge in [0.15, 0.2) is 17.2 Å². The molecule has 1 amide bonds. The second kappa shape index (κ2) is 7.22. The highest BCUT2D eigenvalue weighted by molar-refractivity contribution is 6.05. The molecule has 0 saturated carbocycles. The van der Waals surface area contributed by atoms with Crippen LogP contribution in [0.3, 0.4) is 0 Å². The van der Waals surface area contributed by atoms with Crippen LogP contribution in [0.25, 0.3) is 5.69 Å². The highest BCUT2D eigenvalue weighted by Crippen LogP contribution is 2.37. The number of carbonyl (C=O) groups is 1. The molecule has 0 aliphatic carbocycles. The van der Waals surface area contributed by atoms with Gasteiger partial charge in [-0.1, -0.05) is 6.07 Å². The average molecular weight is 443 g/mol. The molecule has 2 heterocycles. The maximum absolute atomic E-state index is 13.7. The van der Waals surface area contributed by atoms with Crippen LogP contribution in [-0.4, -0.2) is 22.5 Å². The third-order valence-corrected chi connectivity index (χ3v) is 4.33. The number of benzene rings is 2. The van der Waals surface area contributed by atoms with E-state index >= 15 is 0 Å². The number of carbonyl (C=O) groups excluding carboxylic acids is 1. The highest BCUT2D eigenvalue weighted by Gasteiger charge is 2.41. The number of ether oxygens (including phenoxy) is 2. The molecule has 0 atom stereocenters. The number of nitrogens with zero attached hydrogens (tertiary/aromatic N) is 2. The Bertz CT molecular complexity index is 1150. The third-order valence-electron chi connectivity index (χ3n) is 4.33. The second-order valence-corrected chi connectivity index (χ2v) is 6.39. The number of aromatic nitrogens is 2. The molecule has 1 aliphatic rings. The van der Waals surface area contributed by atoms with Gasteiger partial charge in [-0.3, -0.25) is 4.79 Å². The minimum absolute atomic E-state index is 0.0330. The fraction of sp³-hybridized carbons (Fsp3) is 0.158. The van der Waals surface area contributed by atoms with Crippen molar-refractivity contribution in [2.75, 3.05) is 12.1 Å². The Kier molecular flexibility index (Phi) is 4.79. The van der Waals surface area contributed by atoms with E-state index in [1.807, 2.05) is 0 Å². The van der Waals surface area contributed by atoms with Crippen molar-refractivity contribution in [3.05, 3.63) is 65.5 Å². The number of hydrogen-bond donors (Lipinski definition) is 1. The van der Waals surface area contributed by atoms with Gasteiger partial charge in [0.25, 0.3) is 5.91 Å². The summed E-state index contributed by atoms with van der Waals surface area (Å²) in [6.07, 6.45) is -9.20. The standard InChI is InChI=1S/C19H11F6N3O3/c20-18(21,22)10-2-1-3-12(6-10)28-16(19(23,24)25)13(8-26-28)17(29)27-11-4-5-14-15(7-11)31-9-30-14/h1-8H,9H2,(H,27,29). The van der Waals surface area contributed by atoms with Crippen LogP contribution in [-0.2, 0) is 12.4 Å². The highest BCUT2D eigenvalue weighted by atomic mass is 19.4. The molecular weight excluding hydrogens is 432 g/mol. The first-order valence-corrected chi connectivity index (χ1v) is 8.58. The van der Waals surface area contributed by atoms with Gasteiger partial charge in [0, 0.05) is 11.8 Å². The molecule has 162 valence electrons. The molecule has 0 radical (unpaired) electrons. The van der Waals surface area contributed by atoms with E-state index in [-0.39, 0.29) is 17.2 Å². The molecule has 0 bridgehead atoms. The topological polar surface area (TPSA) is 65.4 Å². The molecule has 4 rings (SSSR count). The van der Waals surface area contributed by atoms with Gasteiger partial charge < -0.3 is 14.8 Å². The zero-order chi connectivity index (χ0) is 22.4. The molecule has 0 fully saturated rings. The number of nitrogens with one attached hydrogen (secondary N) is 1.